The zero-order chi connectivity index (χ0) is 23.7. The summed E-state index contributed by atoms with van der Waals surface area (Å²) in [6, 6.07) is 11.7. The minimum absolute atomic E-state index is 0.174. The fraction of sp³-hybridized carbons (Fsp3) is 0.308. The monoisotopic (exact) mass is 461 g/mol. The number of hydrogen-bond donors (Lipinski definition) is 1. The molecule has 2 aromatic carbocycles. The highest BCUT2D eigenvalue weighted by Gasteiger charge is 2.29. The first-order chi connectivity index (χ1) is 15.8. The lowest BCUT2D eigenvalue weighted by molar-refractivity contribution is -0.115. The van der Waals surface area contributed by atoms with Gasteiger partial charge in [0.2, 0.25) is 5.91 Å². The molecule has 1 amide bonds. The van der Waals surface area contributed by atoms with Crippen molar-refractivity contribution in [1.29, 1.82) is 0 Å². The number of aryl methyl sites for hydroxylation is 1. The molecule has 4 rings (SSSR count). The Kier molecular flexibility index (Phi) is 6.51. The third-order valence-corrected chi connectivity index (χ3v) is 7.09. The predicted molar refractivity (Wildman–Crippen MR) is 130 cm³/mol. The quantitative estimate of drug-likeness (QED) is 0.383. The van der Waals surface area contributed by atoms with Crippen molar-refractivity contribution in [2.75, 3.05) is 5.32 Å². The molecule has 3 aromatic rings. The van der Waals surface area contributed by atoms with E-state index in [-0.39, 0.29) is 22.7 Å². The van der Waals surface area contributed by atoms with Crippen LogP contribution in [0.3, 0.4) is 0 Å². The van der Waals surface area contributed by atoms with E-state index in [1.807, 2.05) is 13.8 Å². The molecule has 1 N–H and O–H groups in total. The molecule has 1 unspecified atom stereocenters. The third-order valence-electron chi connectivity index (χ3n) is 6.00. The maximum atomic E-state index is 12.9. The lowest BCUT2D eigenvalue weighted by Crippen LogP contribution is -2.24. The first kappa shape index (κ1) is 23.0. The van der Waals surface area contributed by atoms with Crippen molar-refractivity contribution in [3.63, 3.8) is 0 Å². The van der Waals surface area contributed by atoms with Crippen molar-refractivity contribution in [2.24, 2.45) is 0 Å². The number of amides is 1. The number of ketones is 2. The van der Waals surface area contributed by atoms with E-state index in [1.54, 1.807) is 42.5 Å². The molecule has 0 bridgehead atoms. The summed E-state index contributed by atoms with van der Waals surface area (Å²) in [6.07, 6.45) is 2.14. The Bertz CT molecular complexity index is 1260. The highest BCUT2D eigenvalue weighted by molar-refractivity contribution is 8.00. The van der Waals surface area contributed by atoms with E-state index in [1.165, 1.54) is 11.8 Å². The van der Waals surface area contributed by atoms with Crippen molar-refractivity contribution in [3.8, 4) is 0 Å². The topological polar surface area (TPSA) is 81.1 Å². The highest BCUT2D eigenvalue weighted by Crippen LogP contribution is 2.30. The molecule has 0 saturated carbocycles. The van der Waals surface area contributed by atoms with Gasteiger partial charge in [-0.05, 0) is 45.4 Å². The Balaban J connectivity index is 1.51. The number of carbonyl (C=O) groups is 3. The van der Waals surface area contributed by atoms with Gasteiger partial charge in [-0.2, -0.15) is 0 Å². The number of carbonyl (C=O) groups excluding carboxylic acids is 3. The Hall–Kier alpha value is -3.19. The Morgan fingerprint density at radius 3 is 2.33 bits per heavy atom. The molecular formula is C26H27N3O3S. The number of unbranched alkanes of at least 4 members (excludes halogenated alkanes) is 1. The molecule has 33 heavy (non-hydrogen) atoms. The maximum absolute atomic E-state index is 12.9. The van der Waals surface area contributed by atoms with Crippen LogP contribution in [0.1, 0.15) is 69.9 Å². The number of fused-ring (bicyclic) bond motifs is 2. The number of nitrogens with zero attached hydrogens (tertiary/aromatic N) is 2. The van der Waals surface area contributed by atoms with Gasteiger partial charge in [0.05, 0.1) is 10.9 Å². The molecule has 6 nitrogen and oxygen atoms in total. The fourth-order valence-corrected chi connectivity index (χ4v) is 4.95. The number of anilines is 1. The van der Waals surface area contributed by atoms with Crippen LogP contribution in [0.15, 0.2) is 47.6 Å². The van der Waals surface area contributed by atoms with Gasteiger partial charge in [-0.3, -0.25) is 14.4 Å². The molecule has 0 saturated heterocycles. The van der Waals surface area contributed by atoms with Gasteiger partial charge in [-0.25, -0.2) is 4.98 Å². The lowest BCUT2D eigenvalue weighted by Gasteiger charge is -2.19. The number of hydrogen-bond acceptors (Lipinski definition) is 5. The van der Waals surface area contributed by atoms with E-state index in [9.17, 15) is 14.4 Å². The molecule has 1 atom stereocenters. The minimum Gasteiger partial charge on any atom is -0.325 e. The molecule has 1 heterocycles. The van der Waals surface area contributed by atoms with Gasteiger partial charge in [-0.15, -0.1) is 0 Å². The van der Waals surface area contributed by atoms with Crippen molar-refractivity contribution >= 4 is 34.9 Å². The average molecular weight is 462 g/mol. The van der Waals surface area contributed by atoms with E-state index < -0.39 is 0 Å². The van der Waals surface area contributed by atoms with Crippen LogP contribution in [-0.4, -0.2) is 32.3 Å². The molecule has 0 fully saturated rings. The summed E-state index contributed by atoms with van der Waals surface area (Å²) in [6.45, 7) is 8.90. The smallest absolute Gasteiger partial charge is 0.237 e. The van der Waals surface area contributed by atoms with Crippen LogP contribution in [0, 0.1) is 13.8 Å². The fourth-order valence-electron chi connectivity index (χ4n) is 3.93. The highest BCUT2D eigenvalue weighted by atomic mass is 32.2. The number of thioether (sulfide) groups is 1. The zero-order valence-electron chi connectivity index (χ0n) is 19.3. The summed E-state index contributed by atoms with van der Waals surface area (Å²) in [4.78, 5) is 43.3. The van der Waals surface area contributed by atoms with E-state index in [2.05, 4.69) is 28.7 Å². The number of rotatable bonds is 7. The Morgan fingerprint density at radius 2 is 1.67 bits per heavy atom. The number of aromatic nitrogens is 2. The molecule has 1 aromatic heterocycles. The van der Waals surface area contributed by atoms with Gasteiger partial charge in [0, 0.05) is 40.2 Å². The van der Waals surface area contributed by atoms with E-state index in [0.29, 0.717) is 27.9 Å². The van der Waals surface area contributed by atoms with Crippen LogP contribution in [0.2, 0.25) is 0 Å². The first-order valence-corrected chi connectivity index (χ1v) is 12.0. The second-order valence-electron chi connectivity index (χ2n) is 8.28. The maximum Gasteiger partial charge on any atom is 0.237 e. The van der Waals surface area contributed by atoms with Crippen LogP contribution >= 0.6 is 11.8 Å². The van der Waals surface area contributed by atoms with Crippen molar-refractivity contribution in [1.82, 2.24) is 9.55 Å². The van der Waals surface area contributed by atoms with Crippen molar-refractivity contribution in [3.05, 3.63) is 76.1 Å². The van der Waals surface area contributed by atoms with Crippen LogP contribution < -0.4 is 5.32 Å². The van der Waals surface area contributed by atoms with Crippen LogP contribution in [0.5, 0.6) is 0 Å². The van der Waals surface area contributed by atoms with Crippen LogP contribution in [0.25, 0.3) is 0 Å². The summed E-state index contributed by atoms with van der Waals surface area (Å²) in [5, 5.41) is 3.34. The molecule has 0 spiro atoms. The van der Waals surface area contributed by atoms with Gasteiger partial charge < -0.3 is 9.88 Å². The third kappa shape index (κ3) is 4.37. The van der Waals surface area contributed by atoms with Crippen molar-refractivity contribution in [2.45, 2.75) is 57.5 Å². The largest absolute Gasteiger partial charge is 0.325 e. The van der Waals surface area contributed by atoms with E-state index in [4.69, 9.17) is 0 Å². The number of nitrogens with one attached hydrogen (secondary N) is 1. The molecule has 170 valence electrons. The molecule has 7 heteroatoms. The van der Waals surface area contributed by atoms with E-state index in [0.717, 1.165) is 35.9 Å². The summed E-state index contributed by atoms with van der Waals surface area (Å²) < 4.78 is 2.17. The molecule has 0 radical (unpaired) electrons. The molecule has 1 aliphatic rings. The summed E-state index contributed by atoms with van der Waals surface area (Å²) in [7, 11) is 0. The van der Waals surface area contributed by atoms with Gasteiger partial charge in [0.1, 0.15) is 0 Å². The summed E-state index contributed by atoms with van der Waals surface area (Å²) >= 11 is 1.42. The van der Waals surface area contributed by atoms with Gasteiger partial charge in [-0.1, -0.05) is 49.4 Å². The van der Waals surface area contributed by atoms with Gasteiger partial charge in [0.25, 0.3) is 0 Å². The molecular weight excluding hydrogens is 434 g/mol. The first-order valence-electron chi connectivity index (χ1n) is 11.2. The Morgan fingerprint density at radius 1 is 1.03 bits per heavy atom. The van der Waals surface area contributed by atoms with Gasteiger partial charge >= 0.3 is 0 Å². The second-order valence-corrected chi connectivity index (χ2v) is 9.59. The SMILES string of the molecule is CCCCn1c(SC(C)C(=O)Nc2ccc3c(c2)C(=O)c2ccccc2C3=O)nc(C)c1C. The molecule has 1 aliphatic carbocycles. The second kappa shape index (κ2) is 9.35. The predicted octanol–water partition coefficient (Wildman–Crippen LogP) is 5.19. The minimum atomic E-state index is -0.388. The van der Waals surface area contributed by atoms with Crippen LogP contribution in [-0.2, 0) is 11.3 Å². The van der Waals surface area contributed by atoms with Crippen LogP contribution in [0.4, 0.5) is 5.69 Å². The standard InChI is InChI=1S/C26H27N3O3S/c1-5-6-13-29-16(3)15(2)27-26(29)33-17(4)25(32)28-18-11-12-21-22(14-18)24(31)20-10-8-7-9-19(20)23(21)30/h7-12,14,17H,5-6,13H2,1-4H3,(H,28,32). The lowest BCUT2D eigenvalue weighted by atomic mass is 9.84. The Labute approximate surface area is 197 Å². The average Bonchev–Trinajstić information content (AvgIpc) is 3.08. The summed E-state index contributed by atoms with van der Waals surface area (Å²) in [5.41, 5.74) is 4.08. The van der Waals surface area contributed by atoms with E-state index >= 15 is 0 Å². The zero-order valence-corrected chi connectivity index (χ0v) is 20.1. The summed E-state index contributed by atoms with van der Waals surface area (Å²) in [5.74, 6) is -0.565. The number of imidazole rings is 1. The number of benzene rings is 2. The van der Waals surface area contributed by atoms with Gasteiger partial charge in [0.15, 0.2) is 16.7 Å². The molecule has 0 aliphatic heterocycles. The van der Waals surface area contributed by atoms with Crippen molar-refractivity contribution < 1.29 is 14.4 Å². The normalized spacial score (nSPS) is 13.5.